The Kier molecular flexibility index (Phi) is 21.8. The summed E-state index contributed by atoms with van der Waals surface area (Å²) in [5.74, 6) is -1.79. The van der Waals surface area contributed by atoms with E-state index in [-0.39, 0.29) is 30.7 Å². The van der Waals surface area contributed by atoms with E-state index in [0.717, 1.165) is 29.7 Å². The Morgan fingerprint density at radius 2 is 1.54 bits per heavy atom. The summed E-state index contributed by atoms with van der Waals surface area (Å²) < 4.78 is 0. The summed E-state index contributed by atoms with van der Waals surface area (Å²) in [7, 11) is 1.47. The van der Waals surface area contributed by atoms with Gasteiger partial charge >= 0.3 is 0 Å². The molecule has 1 unspecified atom stereocenters. The first kappa shape index (κ1) is 37.7. The van der Waals surface area contributed by atoms with Gasteiger partial charge in [0.05, 0.1) is 6.54 Å². The number of hydrogen-bond donors (Lipinski definition) is 5. The van der Waals surface area contributed by atoms with Crippen molar-refractivity contribution in [3.8, 4) is 0 Å². The highest BCUT2D eigenvalue weighted by Gasteiger charge is 2.28. The zero-order valence-electron chi connectivity index (χ0n) is 25.3. The van der Waals surface area contributed by atoms with Crippen LogP contribution in [0.3, 0.4) is 0 Å². The predicted octanol–water partition coefficient (Wildman–Crippen LogP) is 3.10. The summed E-state index contributed by atoms with van der Waals surface area (Å²) in [6, 6.07) is 6.03. The molecule has 9 nitrogen and oxygen atoms in total. The molecule has 1 aromatic rings. The third-order valence-electron chi connectivity index (χ3n) is 5.32. The number of nitrogens with two attached hydrogens (primary N) is 1. The molecule has 9 heteroatoms. The van der Waals surface area contributed by atoms with Crippen molar-refractivity contribution >= 4 is 29.2 Å². The molecule has 6 N–H and O–H groups in total. The van der Waals surface area contributed by atoms with Gasteiger partial charge in [0.25, 0.3) is 0 Å². The second kappa shape index (κ2) is 22.5. The molecule has 1 aromatic carbocycles. The highest BCUT2D eigenvalue weighted by molar-refractivity contribution is 5.93. The summed E-state index contributed by atoms with van der Waals surface area (Å²) in [5, 5.41) is 10.4. The van der Waals surface area contributed by atoms with Gasteiger partial charge in [0, 0.05) is 20.4 Å². The van der Waals surface area contributed by atoms with E-state index in [0.29, 0.717) is 0 Å². The van der Waals surface area contributed by atoms with Crippen molar-refractivity contribution in [1.29, 1.82) is 0 Å². The maximum absolute atomic E-state index is 12.9. The summed E-state index contributed by atoms with van der Waals surface area (Å²) >= 11 is 0. The zero-order chi connectivity index (χ0) is 30.4. The number of allylic oxidation sites excluding steroid dienone is 4. The van der Waals surface area contributed by atoms with Crippen molar-refractivity contribution in [3.63, 3.8) is 0 Å². The van der Waals surface area contributed by atoms with Gasteiger partial charge in [-0.15, -0.1) is 0 Å². The normalized spacial score (nSPS) is 12.2. The number of amides is 4. The molecule has 0 aromatic heterocycles. The molecule has 0 radical (unpaired) electrons. The average Bonchev–Trinajstić information content (AvgIpc) is 2.94. The Balaban J connectivity index is 0. The van der Waals surface area contributed by atoms with Gasteiger partial charge in [0.1, 0.15) is 12.1 Å². The molecule has 0 aliphatic carbocycles. The number of carbonyl (C=O) groups is 4. The average molecular weight is 546 g/mol. The van der Waals surface area contributed by atoms with E-state index in [9.17, 15) is 19.2 Å². The Bertz CT molecular complexity index is 922. The van der Waals surface area contributed by atoms with Gasteiger partial charge in [-0.05, 0) is 49.4 Å². The Labute approximate surface area is 235 Å². The summed E-state index contributed by atoms with van der Waals surface area (Å²) in [4.78, 5) is 48.8. The lowest BCUT2D eigenvalue weighted by Crippen LogP contribution is -2.56. The SMILES string of the molecule is C/C=C\C(=C/C)c1ccc(C[C@H](NC(=O)C(NC(C)=O)C(C)C)C(=O)NCC(=O)NC)cc1.CC.CCCN. The maximum atomic E-state index is 12.9. The first-order chi connectivity index (χ1) is 18.5. The third-order valence-corrected chi connectivity index (χ3v) is 5.32. The van der Waals surface area contributed by atoms with Gasteiger partial charge in [0.15, 0.2) is 0 Å². The largest absolute Gasteiger partial charge is 0.358 e. The van der Waals surface area contributed by atoms with Crippen LogP contribution in [0.15, 0.2) is 42.5 Å². The molecule has 2 atom stereocenters. The quantitative estimate of drug-likeness (QED) is 0.257. The Hall–Kier alpha value is -3.46. The minimum absolute atomic E-state index is 0.173. The van der Waals surface area contributed by atoms with E-state index in [1.54, 1.807) is 0 Å². The fourth-order valence-electron chi connectivity index (χ4n) is 3.21. The van der Waals surface area contributed by atoms with Crippen LogP contribution in [0, 0.1) is 5.92 Å². The molecule has 0 bridgehead atoms. The fourth-order valence-corrected chi connectivity index (χ4v) is 3.21. The van der Waals surface area contributed by atoms with Gasteiger partial charge in [-0.3, -0.25) is 19.2 Å². The molecule has 0 fully saturated rings. The van der Waals surface area contributed by atoms with Crippen molar-refractivity contribution in [2.24, 2.45) is 11.7 Å². The predicted molar refractivity (Wildman–Crippen MR) is 161 cm³/mol. The molecule has 0 heterocycles. The molecule has 39 heavy (non-hydrogen) atoms. The first-order valence-corrected chi connectivity index (χ1v) is 13.7. The van der Waals surface area contributed by atoms with Crippen molar-refractivity contribution in [2.75, 3.05) is 20.1 Å². The van der Waals surface area contributed by atoms with Crippen molar-refractivity contribution in [2.45, 2.75) is 80.3 Å². The molecule has 0 saturated carbocycles. The summed E-state index contributed by atoms with van der Waals surface area (Å²) in [6.45, 7) is 15.5. The number of rotatable bonds is 12. The van der Waals surface area contributed by atoms with Gasteiger partial charge in [-0.25, -0.2) is 0 Å². The topological polar surface area (TPSA) is 142 Å². The zero-order valence-corrected chi connectivity index (χ0v) is 25.3. The molecule has 0 spiro atoms. The van der Waals surface area contributed by atoms with Crippen LogP contribution in [0.25, 0.3) is 5.57 Å². The van der Waals surface area contributed by atoms with Crippen LogP contribution >= 0.6 is 0 Å². The standard InChI is InChI=1S/C25H36N4O4.C3H9N.C2H6/c1-7-9-19(8-2)20-12-10-18(11-13-20)14-21(24(32)27-15-22(31)26-6)29-25(33)23(16(3)4)28-17(5)30;1-2-3-4;1-2/h7-13,16,21,23H,14-15H2,1-6H3,(H,26,31)(H,27,32)(H,28,30)(H,29,33);2-4H2,1H3;1-2H3/b9-7-,19-8+;;/t21-,23?;;/m0../s1. The van der Waals surface area contributed by atoms with Crippen LogP contribution in [-0.4, -0.2) is 55.8 Å². The van der Waals surface area contributed by atoms with Crippen LogP contribution in [0.2, 0.25) is 0 Å². The van der Waals surface area contributed by atoms with Crippen LogP contribution in [0.5, 0.6) is 0 Å². The van der Waals surface area contributed by atoms with Crippen molar-refractivity contribution in [1.82, 2.24) is 21.3 Å². The van der Waals surface area contributed by atoms with Gasteiger partial charge in [-0.2, -0.15) is 0 Å². The highest BCUT2D eigenvalue weighted by atomic mass is 16.2. The molecular formula is C30H51N5O4. The number of carbonyl (C=O) groups excluding carboxylic acids is 4. The third kappa shape index (κ3) is 16.2. The monoisotopic (exact) mass is 545 g/mol. The Morgan fingerprint density at radius 3 is 1.95 bits per heavy atom. The van der Waals surface area contributed by atoms with Crippen molar-refractivity contribution in [3.05, 3.63) is 53.6 Å². The number of nitrogens with one attached hydrogen (secondary N) is 4. The van der Waals surface area contributed by atoms with Crippen LogP contribution in [0.1, 0.15) is 72.9 Å². The molecule has 0 saturated heterocycles. The molecule has 1 rings (SSSR count). The summed E-state index contributed by atoms with van der Waals surface area (Å²) in [6.07, 6.45) is 7.31. The van der Waals surface area contributed by atoms with Crippen LogP contribution in [-0.2, 0) is 25.6 Å². The Morgan fingerprint density at radius 1 is 0.974 bits per heavy atom. The van der Waals surface area contributed by atoms with E-state index < -0.39 is 23.9 Å². The van der Waals surface area contributed by atoms with E-state index in [4.69, 9.17) is 5.73 Å². The second-order valence-corrected chi connectivity index (χ2v) is 8.81. The molecule has 0 aliphatic rings. The molecule has 220 valence electrons. The lowest BCUT2D eigenvalue weighted by molar-refractivity contribution is -0.133. The number of benzene rings is 1. The van der Waals surface area contributed by atoms with Crippen LogP contribution in [0.4, 0.5) is 0 Å². The minimum Gasteiger partial charge on any atom is -0.358 e. The van der Waals surface area contributed by atoms with Gasteiger partial charge in [0.2, 0.25) is 23.6 Å². The summed E-state index contributed by atoms with van der Waals surface area (Å²) in [5.41, 5.74) is 7.98. The van der Waals surface area contributed by atoms with Crippen LogP contribution < -0.4 is 27.0 Å². The van der Waals surface area contributed by atoms with Gasteiger partial charge in [-0.1, -0.05) is 77.1 Å². The van der Waals surface area contributed by atoms with E-state index in [2.05, 4.69) is 28.2 Å². The van der Waals surface area contributed by atoms with Gasteiger partial charge < -0.3 is 27.0 Å². The lowest BCUT2D eigenvalue weighted by Gasteiger charge is -2.25. The van der Waals surface area contributed by atoms with Crippen molar-refractivity contribution < 1.29 is 19.2 Å². The highest BCUT2D eigenvalue weighted by Crippen LogP contribution is 2.17. The smallest absolute Gasteiger partial charge is 0.243 e. The fraction of sp³-hybridized carbons (Fsp3) is 0.533. The lowest BCUT2D eigenvalue weighted by atomic mass is 9.98. The number of hydrogen-bond acceptors (Lipinski definition) is 5. The second-order valence-electron chi connectivity index (χ2n) is 8.81. The van der Waals surface area contributed by atoms with E-state index >= 15 is 0 Å². The molecular weight excluding hydrogens is 494 g/mol. The maximum Gasteiger partial charge on any atom is 0.243 e. The van der Waals surface area contributed by atoms with E-state index in [1.807, 2.05) is 84.0 Å². The van der Waals surface area contributed by atoms with E-state index in [1.165, 1.54) is 14.0 Å². The number of likely N-dealkylation sites (N-methyl/N-ethyl adjacent to an activating group) is 1. The first-order valence-electron chi connectivity index (χ1n) is 13.7. The molecule has 4 amide bonds. The molecule has 0 aliphatic heterocycles. The minimum atomic E-state index is -0.917.